The van der Waals surface area contributed by atoms with Crippen molar-refractivity contribution in [3.8, 4) is 0 Å². The number of aryl methyl sites for hydroxylation is 2. The molecule has 0 aromatic heterocycles. The van der Waals surface area contributed by atoms with Gasteiger partial charge in [-0.3, -0.25) is 4.79 Å². The molecule has 0 radical (unpaired) electrons. The number of nitrogens with one attached hydrogen (secondary N) is 1. The molecular formula is C15H12BrCl2NO. The Morgan fingerprint density at radius 2 is 1.90 bits per heavy atom. The Morgan fingerprint density at radius 3 is 2.55 bits per heavy atom. The molecule has 2 rings (SSSR count). The van der Waals surface area contributed by atoms with Crippen molar-refractivity contribution in [3.05, 3.63) is 61.5 Å². The lowest BCUT2D eigenvalue weighted by Crippen LogP contribution is -2.14. The van der Waals surface area contributed by atoms with Crippen molar-refractivity contribution in [2.75, 3.05) is 5.32 Å². The predicted molar refractivity (Wildman–Crippen MR) is 88.0 cm³/mol. The number of anilines is 1. The van der Waals surface area contributed by atoms with Gasteiger partial charge in [-0.05, 0) is 59.1 Å². The monoisotopic (exact) mass is 371 g/mol. The average Bonchev–Trinajstić information content (AvgIpc) is 2.36. The average molecular weight is 373 g/mol. The molecule has 20 heavy (non-hydrogen) atoms. The van der Waals surface area contributed by atoms with Gasteiger partial charge in [0.1, 0.15) is 0 Å². The number of rotatable bonds is 2. The van der Waals surface area contributed by atoms with Gasteiger partial charge in [-0.2, -0.15) is 0 Å². The molecule has 5 heteroatoms. The molecule has 0 saturated heterocycles. The first-order chi connectivity index (χ1) is 9.40. The molecule has 0 heterocycles. The van der Waals surface area contributed by atoms with Gasteiger partial charge in [0, 0.05) is 4.47 Å². The summed E-state index contributed by atoms with van der Waals surface area (Å²) in [7, 11) is 0. The number of carbonyl (C=O) groups excluding carboxylic acids is 1. The second-order valence-corrected chi connectivity index (χ2v) is 6.13. The molecule has 104 valence electrons. The van der Waals surface area contributed by atoms with Gasteiger partial charge in [-0.1, -0.05) is 35.3 Å². The zero-order chi connectivity index (χ0) is 14.9. The van der Waals surface area contributed by atoms with E-state index in [9.17, 15) is 4.79 Å². The van der Waals surface area contributed by atoms with Crippen molar-refractivity contribution >= 4 is 50.7 Å². The van der Waals surface area contributed by atoms with E-state index in [1.165, 1.54) is 0 Å². The summed E-state index contributed by atoms with van der Waals surface area (Å²) in [6.07, 6.45) is 0. The van der Waals surface area contributed by atoms with E-state index >= 15 is 0 Å². The highest BCUT2D eigenvalue weighted by Crippen LogP contribution is 2.30. The fourth-order valence-corrected chi connectivity index (χ4v) is 3.09. The van der Waals surface area contributed by atoms with Crippen molar-refractivity contribution < 1.29 is 4.79 Å². The summed E-state index contributed by atoms with van der Waals surface area (Å²) < 4.78 is 0.835. The fraction of sp³-hybridized carbons (Fsp3) is 0.133. The zero-order valence-electron chi connectivity index (χ0n) is 10.9. The summed E-state index contributed by atoms with van der Waals surface area (Å²) in [5.74, 6) is -0.287. The summed E-state index contributed by atoms with van der Waals surface area (Å²) in [5.41, 5.74) is 3.18. The van der Waals surface area contributed by atoms with Crippen molar-refractivity contribution in [2.45, 2.75) is 13.8 Å². The van der Waals surface area contributed by atoms with Gasteiger partial charge < -0.3 is 5.32 Å². The van der Waals surface area contributed by atoms with Crippen LogP contribution in [0.15, 0.2) is 34.8 Å². The quantitative estimate of drug-likeness (QED) is 0.727. The SMILES string of the molecule is Cc1cc(C)c(NC(=O)c2cccc(Cl)c2Cl)c(Br)c1. The van der Waals surface area contributed by atoms with E-state index in [1.54, 1.807) is 18.2 Å². The van der Waals surface area contributed by atoms with E-state index in [-0.39, 0.29) is 10.9 Å². The van der Waals surface area contributed by atoms with E-state index in [0.29, 0.717) is 10.6 Å². The standard InChI is InChI=1S/C15H12BrCl2NO/c1-8-6-9(2)14(11(16)7-8)19-15(20)10-4-3-5-12(17)13(10)18/h3-7H,1-2H3,(H,19,20). The third-order valence-electron chi connectivity index (χ3n) is 2.87. The molecule has 1 amide bonds. The van der Waals surface area contributed by atoms with Gasteiger partial charge in [0.25, 0.3) is 5.91 Å². The minimum absolute atomic E-state index is 0.257. The van der Waals surface area contributed by atoms with Gasteiger partial charge in [-0.15, -0.1) is 0 Å². The first-order valence-corrected chi connectivity index (χ1v) is 7.47. The molecule has 2 aromatic rings. The van der Waals surface area contributed by atoms with Crippen molar-refractivity contribution in [1.29, 1.82) is 0 Å². The van der Waals surface area contributed by atoms with Crippen LogP contribution in [0.2, 0.25) is 10.0 Å². The van der Waals surface area contributed by atoms with Crippen LogP contribution >= 0.6 is 39.1 Å². The highest BCUT2D eigenvalue weighted by atomic mass is 79.9. The summed E-state index contributed by atoms with van der Waals surface area (Å²) in [6.45, 7) is 3.93. The smallest absolute Gasteiger partial charge is 0.257 e. The molecule has 0 aliphatic carbocycles. The molecule has 0 saturated carbocycles. The summed E-state index contributed by atoms with van der Waals surface area (Å²) >= 11 is 15.4. The van der Waals surface area contributed by atoms with Crippen LogP contribution in [-0.2, 0) is 0 Å². The normalized spacial score (nSPS) is 10.4. The van der Waals surface area contributed by atoms with Gasteiger partial charge in [0.2, 0.25) is 0 Å². The van der Waals surface area contributed by atoms with E-state index in [2.05, 4.69) is 21.2 Å². The van der Waals surface area contributed by atoms with E-state index in [0.717, 1.165) is 21.3 Å². The van der Waals surface area contributed by atoms with Crippen LogP contribution in [0.3, 0.4) is 0 Å². The third-order valence-corrected chi connectivity index (χ3v) is 4.31. The number of amides is 1. The molecule has 1 N–H and O–H groups in total. The molecule has 0 bridgehead atoms. The molecule has 0 aliphatic heterocycles. The predicted octanol–water partition coefficient (Wildman–Crippen LogP) is 5.63. The van der Waals surface area contributed by atoms with Gasteiger partial charge >= 0.3 is 0 Å². The summed E-state index contributed by atoms with van der Waals surface area (Å²) in [4.78, 5) is 12.3. The molecule has 2 nitrogen and oxygen atoms in total. The zero-order valence-corrected chi connectivity index (χ0v) is 14.0. The van der Waals surface area contributed by atoms with E-state index < -0.39 is 0 Å². The molecular weight excluding hydrogens is 361 g/mol. The van der Waals surface area contributed by atoms with Gasteiger partial charge in [0.05, 0.1) is 21.3 Å². The van der Waals surface area contributed by atoms with Crippen molar-refractivity contribution in [2.24, 2.45) is 0 Å². The summed E-state index contributed by atoms with van der Waals surface area (Å²) in [5, 5.41) is 3.48. The van der Waals surface area contributed by atoms with Crippen LogP contribution in [0.4, 0.5) is 5.69 Å². The number of carbonyl (C=O) groups is 1. The molecule has 2 aromatic carbocycles. The third kappa shape index (κ3) is 3.17. The highest BCUT2D eigenvalue weighted by molar-refractivity contribution is 9.10. The Morgan fingerprint density at radius 1 is 1.20 bits per heavy atom. The largest absolute Gasteiger partial charge is 0.321 e. The lowest BCUT2D eigenvalue weighted by Gasteiger charge is -2.12. The van der Waals surface area contributed by atoms with Crippen LogP contribution in [0, 0.1) is 13.8 Å². The lowest BCUT2D eigenvalue weighted by molar-refractivity contribution is 0.102. The molecule has 0 atom stereocenters. The van der Waals surface area contributed by atoms with Gasteiger partial charge in [0.15, 0.2) is 0 Å². The second kappa shape index (κ2) is 6.17. The molecule has 0 unspecified atom stereocenters. The maximum atomic E-state index is 12.3. The Balaban J connectivity index is 2.36. The van der Waals surface area contributed by atoms with Crippen molar-refractivity contribution in [3.63, 3.8) is 0 Å². The maximum Gasteiger partial charge on any atom is 0.257 e. The minimum atomic E-state index is -0.287. The first kappa shape index (κ1) is 15.4. The number of hydrogen-bond donors (Lipinski definition) is 1. The molecule has 0 fully saturated rings. The number of benzene rings is 2. The topological polar surface area (TPSA) is 29.1 Å². The van der Waals surface area contributed by atoms with E-state index in [4.69, 9.17) is 23.2 Å². The van der Waals surface area contributed by atoms with Crippen LogP contribution in [0.1, 0.15) is 21.5 Å². The van der Waals surface area contributed by atoms with Crippen LogP contribution in [0.5, 0.6) is 0 Å². The minimum Gasteiger partial charge on any atom is -0.321 e. The number of halogens is 3. The van der Waals surface area contributed by atoms with Crippen molar-refractivity contribution in [1.82, 2.24) is 0 Å². The second-order valence-electron chi connectivity index (χ2n) is 4.49. The highest BCUT2D eigenvalue weighted by Gasteiger charge is 2.15. The van der Waals surface area contributed by atoms with Crippen LogP contribution in [-0.4, -0.2) is 5.91 Å². The summed E-state index contributed by atoms with van der Waals surface area (Å²) in [6, 6.07) is 8.93. The molecule has 0 spiro atoms. The Hall–Kier alpha value is -1.03. The number of hydrogen-bond acceptors (Lipinski definition) is 1. The van der Waals surface area contributed by atoms with Crippen LogP contribution in [0.25, 0.3) is 0 Å². The maximum absolute atomic E-state index is 12.3. The van der Waals surface area contributed by atoms with E-state index in [1.807, 2.05) is 26.0 Å². The Labute approximate surface area is 136 Å². The Kier molecular flexibility index (Phi) is 4.74. The molecule has 0 aliphatic rings. The van der Waals surface area contributed by atoms with Crippen LogP contribution < -0.4 is 5.32 Å². The van der Waals surface area contributed by atoms with Gasteiger partial charge in [-0.25, -0.2) is 0 Å². The first-order valence-electron chi connectivity index (χ1n) is 5.92. The Bertz CT molecular complexity index is 663. The fourth-order valence-electron chi connectivity index (χ4n) is 1.93. The lowest BCUT2D eigenvalue weighted by atomic mass is 10.1.